The largest absolute Gasteiger partial charge is 0.391 e. The van der Waals surface area contributed by atoms with E-state index in [1.165, 1.54) is 4.90 Å². The molecular formula is C15H20F3N3O2. The molecule has 1 aromatic rings. The van der Waals surface area contributed by atoms with E-state index >= 15 is 0 Å². The molecule has 0 N–H and O–H groups in total. The summed E-state index contributed by atoms with van der Waals surface area (Å²) in [5.41, 5.74) is 1.02. The molecule has 0 bridgehead atoms. The topological polar surface area (TPSA) is 47.4 Å². The normalized spacial score (nSPS) is 25.3. The Balaban J connectivity index is 1.75. The van der Waals surface area contributed by atoms with Crippen molar-refractivity contribution in [2.24, 2.45) is 0 Å². The fraction of sp³-hybridized carbons (Fsp3) is 0.733. The molecule has 1 fully saturated rings. The number of alkyl halides is 3. The van der Waals surface area contributed by atoms with Gasteiger partial charge in [0.1, 0.15) is 0 Å². The standard InChI is InChI=1S/C15H20F3N3O2/c1-10-8-20(9-12(23-10)6-15(16,17)18)14(22)13-19-7-11-4-2-3-5-21(11)13/h7,10,12H,2-6,8-9H2,1H3. The number of hydrogen-bond donors (Lipinski definition) is 0. The summed E-state index contributed by atoms with van der Waals surface area (Å²) >= 11 is 0. The van der Waals surface area contributed by atoms with Gasteiger partial charge in [-0.15, -0.1) is 0 Å². The van der Waals surface area contributed by atoms with Gasteiger partial charge in [0.15, 0.2) is 5.82 Å². The number of nitrogens with zero attached hydrogens (tertiary/aromatic N) is 3. The number of carbonyl (C=O) groups is 1. The molecule has 0 aliphatic carbocycles. The summed E-state index contributed by atoms with van der Waals surface area (Å²) in [7, 11) is 0. The zero-order valence-corrected chi connectivity index (χ0v) is 13.0. The van der Waals surface area contributed by atoms with Gasteiger partial charge in [0, 0.05) is 31.5 Å². The quantitative estimate of drug-likeness (QED) is 0.836. The molecule has 2 aliphatic rings. The van der Waals surface area contributed by atoms with Crippen LogP contribution in [0.5, 0.6) is 0 Å². The highest BCUT2D eigenvalue weighted by Crippen LogP contribution is 2.27. The molecule has 0 saturated carbocycles. The third-order valence-electron chi connectivity index (χ3n) is 4.27. The Morgan fingerprint density at radius 3 is 2.91 bits per heavy atom. The van der Waals surface area contributed by atoms with Crippen molar-refractivity contribution in [3.05, 3.63) is 17.7 Å². The number of carbonyl (C=O) groups excluding carboxylic acids is 1. The number of imidazole rings is 1. The fourth-order valence-electron chi connectivity index (χ4n) is 3.33. The lowest BCUT2D eigenvalue weighted by molar-refractivity contribution is -0.178. The summed E-state index contributed by atoms with van der Waals surface area (Å²) in [5, 5.41) is 0. The Morgan fingerprint density at radius 2 is 2.17 bits per heavy atom. The molecule has 2 aliphatic heterocycles. The number of fused-ring (bicyclic) bond motifs is 1. The predicted molar refractivity (Wildman–Crippen MR) is 76.1 cm³/mol. The molecule has 3 heterocycles. The molecule has 3 rings (SSSR count). The van der Waals surface area contributed by atoms with Crippen LogP contribution in [0.2, 0.25) is 0 Å². The Morgan fingerprint density at radius 1 is 1.39 bits per heavy atom. The van der Waals surface area contributed by atoms with E-state index in [0.29, 0.717) is 5.82 Å². The molecule has 8 heteroatoms. The van der Waals surface area contributed by atoms with Crippen molar-refractivity contribution in [3.63, 3.8) is 0 Å². The molecule has 0 aromatic carbocycles. The summed E-state index contributed by atoms with van der Waals surface area (Å²) in [6.45, 7) is 2.66. The van der Waals surface area contributed by atoms with E-state index in [0.717, 1.165) is 31.5 Å². The lowest BCUT2D eigenvalue weighted by Crippen LogP contribution is -2.50. The van der Waals surface area contributed by atoms with E-state index < -0.39 is 24.8 Å². The molecule has 0 spiro atoms. The number of aromatic nitrogens is 2. The third kappa shape index (κ3) is 3.68. The Hall–Kier alpha value is -1.57. The van der Waals surface area contributed by atoms with Crippen molar-refractivity contribution in [1.82, 2.24) is 14.5 Å². The number of amides is 1. The van der Waals surface area contributed by atoms with E-state index in [-0.39, 0.29) is 19.0 Å². The average molecular weight is 331 g/mol. The summed E-state index contributed by atoms with van der Waals surface area (Å²) in [6.07, 6.45) is -2.14. The summed E-state index contributed by atoms with van der Waals surface area (Å²) in [4.78, 5) is 18.3. The molecule has 23 heavy (non-hydrogen) atoms. The lowest BCUT2D eigenvalue weighted by Gasteiger charge is -2.37. The van der Waals surface area contributed by atoms with Gasteiger partial charge in [-0.05, 0) is 26.2 Å². The SMILES string of the molecule is CC1CN(C(=O)c2ncc3n2CCCC3)CC(CC(F)(F)F)O1. The zero-order valence-electron chi connectivity index (χ0n) is 13.0. The van der Waals surface area contributed by atoms with Crippen LogP contribution in [0.15, 0.2) is 6.20 Å². The highest BCUT2D eigenvalue weighted by molar-refractivity contribution is 5.91. The molecule has 2 atom stereocenters. The highest BCUT2D eigenvalue weighted by atomic mass is 19.4. The Kier molecular flexibility index (Phi) is 4.35. The minimum absolute atomic E-state index is 0.0507. The minimum atomic E-state index is -4.30. The van der Waals surface area contributed by atoms with Crippen LogP contribution in [0, 0.1) is 0 Å². The van der Waals surface area contributed by atoms with Gasteiger partial charge in [-0.1, -0.05) is 0 Å². The third-order valence-corrected chi connectivity index (χ3v) is 4.27. The molecular weight excluding hydrogens is 311 g/mol. The molecule has 0 radical (unpaired) electrons. The van der Waals surface area contributed by atoms with Crippen LogP contribution in [-0.4, -0.2) is 51.8 Å². The number of ether oxygens (including phenoxy) is 1. The van der Waals surface area contributed by atoms with Crippen molar-refractivity contribution >= 4 is 5.91 Å². The Labute approximate surface area is 132 Å². The predicted octanol–water partition coefficient (Wildman–Crippen LogP) is 2.40. The highest BCUT2D eigenvalue weighted by Gasteiger charge is 2.38. The first-order valence-corrected chi connectivity index (χ1v) is 7.89. The molecule has 2 unspecified atom stereocenters. The fourth-order valence-corrected chi connectivity index (χ4v) is 3.33. The van der Waals surface area contributed by atoms with Crippen LogP contribution in [0.1, 0.15) is 42.5 Å². The van der Waals surface area contributed by atoms with Crippen molar-refractivity contribution in [1.29, 1.82) is 0 Å². The van der Waals surface area contributed by atoms with Crippen molar-refractivity contribution in [2.75, 3.05) is 13.1 Å². The van der Waals surface area contributed by atoms with Crippen LogP contribution in [-0.2, 0) is 17.7 Å². The van der Waals surface area contributed by atoms with Gasteiger partial charge in [0.05, 0.1) is 18.6 Å². The summed E-state index contributed by atoms with van der Waals surface area (Å²) in [6, 6.07) is 0. The number of aryl methyl sites for hydroxylation is 1. The van der Waals surface area contributed by atoms with E-state index in [4.69, 9.17) is 4.74 Å². The second-order valence-corrected chi connectivity index (χ2v) is 6.28. The van der Waals surface area contributed by atoms with Crippen LogP contribution >= 0.6 is 0 Å². The van der Waals surface area contributed by atoms with Gasteiger partial charge in [-0.25, -0.2) is 4.98 Å². The van der Waals surface area contributed by atoms with E-state index in [9.17, 15) is 18.0 Å². The van der Waals surface area contributed by atoms with Crippen LogP contribution < -0.4 is 0 Å². The van der Waals surface area contributed by atoms with Gasteiger partial charge in [-0.3, -0.25) is 4.79 Å². The smallest absolute Gasteiger partial charge is 0.371 e. The maximum absolute atomic E-state index is 12.7. The van der Waals surface area contributed by atoms with Gasteiger partial charge in [-0.2, -0.15) is 13.2 Å². The van der Waals surface area contributed by atoms with Crippen LogP contribution in [0.25, 0.3) is 0 Å². The van der Waals surface area contributed by atoms with Crippen molar-refractivity contribution in [2.45, 2.75) is 57.5 Å². The van der Waals surface area contributed by atoms with Gasteiger partial charge >= 0.3 is 6.18 Å². The van der Waals surface area contributed by atoms with E-state index in [2.05, 4.69) is 4.98 Å². The number of halogens is 3. The molecule has 1 saturated heterocycles. The maximum Gasteiger partial charge on any atom is 0.391 e. The lowest BCUT2D eigenvalue weighted by atomic mass is 10.1. The summed E-state index contributed by atoms with van der Waals surface area (Å²) in [5.74, 6) is 0.0278. The minimum Gasteiger partial charge on any atom is -0.371 e. The molecule has 1 amide bonds. The molecule has 128 valence electrons. The first-order valence-electron chi connectivity index (χ1n) is 7.89. The molecule has 1 aromatic heterocycles. The second-order valence-electron chi connectivity index (χ2n) is 6.28. The van der Waals surface area contributed by atoms with Gasteiger partial charge < -0.3 is 14.2 Å². The monoisotopic (exact) mass is 331 g/mol. The first-order chi connectivity index (χ1) is 10.8. The van der Waals surface area contributed by atoms with Gasteiger partial charge in [0.2, 0.25) is 0 Å². The number of rotatable bonds is 2. The number of morpholine rings is 1. The van der Waals surface area contributed by atoms with Gasteiger partial charge in [0.25, 0.3) is 5.91 Å². The van der Waals surface area contributed by atoms with Crippen molar-refractivity contribution < 1.29 is 22.7 Å². The van der Waals surface area contributed by atoms with Crippen molar-refractivity contribution in [3.8, 4) is 0 Å². The maximum atomic E-state index is 12.7. The summed E-state index contributed by atoms with van der Waals surface area (Å²) < 4.78 is 45.0. The first kappa shape index (κ1) is 16.3. The number of hydrogen-bond acceptors (Lipinski definition) is 3. The average Bonchev–Trinajstić information content (AvgIpc) is 2.88. The zero-order chi connectivity index (χ0) is 16.6. The van der Waals surface area contributed by atoms with Crippen LogP contribution in [0.4, 0.5) is 13.2 Å². The Bertz CT molecular complexity index is 585. The molecule has 5 nitrogen and oxygen atoms in total. The van der Waals surface area contributed by atoms with E-state index in [1.807, 2.05) is 4.57 Å². The van der Waals surface area contributed by atoms with Crippen LogP contribution in [0.3, 0.4) is 0 Å². The second kappa shape index (κ2) is 6.14. The van der Waals surface area contributed by atoms with E-state index in [1.54, 1.807) is 13.1 Å².